The summed E-state index contributed by atoms with van der Waals surface area (Å²) < 4.78 is 0. The Hall–Kier alpha value is -2.89. The third kappa shape index (κ3) is 9.94. The number of hydrogen-bond donors (Lipinski definition) is 7. The Morgan fingerprint density at radius 3 is 2.21 bits per heavy atom. The highest BCUT2D eigenvalue weighted by Crippen LogP contribution is 2.00. The Morgan fingerprint density at radius 1 is 1.08 bits per heavy atom. The molecule has 0 fully saturated rings. The molecule has 0 aliphatic rings. The molecule has 0 aromatic rings. The lowest BCUT2D eigenvalue weighted by atomic mass is 10.1. The van der Waals surface area contributed by atoms with Crippen LogP contribution in [-0.4, -0.2) is 59.9 Å². The monoisotopic (exact) mass is 345 g/mol. The number of hydrogen-bond acceptors (Lipinski definition) is 6. The molecule has 136 valence electrons. The van der Waals surface area contributed by atoms with Gasteiger partial charge in [-0.25, -0.2) is 0 Å². The Morgan fingerprint density at radius 2 is 1.71 bits per heavy atom. The Kier molecular flexibility index (Phi) is 9.48. The van der Waals surface area contributed by atoms with Crippen LogP contribution in [0.4, 0.5) is 0 Å². The highest BCUT2D eigenvalue weighted by molar-refractivity contribution is 5.92. The number of primary amides is 1. The molecule has 11 N–H and O–H groups in total. The molecule has 12 heteroatoms. The summed E-state index contributed by atoms with van der Waals surface area (Å²) in [7, 11) is 0. The summed E-state index contributed by atoms with van der Waals surface area (Å²) in [5.74, 6) is -3.58. The van der Waals surface area contributed by atoms with Gasteiger partial charge in [-0.3, -0.25) is 24.2 Å². The zero-order valence-electron chi connectivity index (χ0n) is 13.0. The molecule has 0 bridgehead atoms. The molecular formula is C12H23N7O5. The Labute approximate surface area is 138 Å². The standard InChI is InChI=1S/C12H23N7O5/c13-6(4-8(14)20)10(23)19-7(2-1-3-17-12(15)16)11(24)18-5-9(21)22/h6-7H,1-5,13H2,(H2,14,20)(H,18,24)(H,19,23)(H,21,22)(H4,15,16,17). The van der Waals surface area contributed by atoms with Crippen LogP contribution >= 0.6 is 0 Å². The molecule has 3 amide bonds. The van der Waals surface area contributed by atoms with Crippen molar-refractivity contribution in [3.63, 3.8) is 0 Å². The summed E-state index contributed by atoms with van der Waals surface area (Å²) in [6.45, 7) is -0.388. The normalized spacial score (nSPS) is 12.5. The van der Waals surface area contributed by atoms with Crippen LogP contribution in [0.1, 0.15) is 19.3 Å². The number of amides is 3. The number of nitrogens with one attached hydrogen (secondary N) is 2. The first-order valence-electron chi connectivity index (χ1n) is 7.02. The van der Waals surface area contributed by atoms with Crippen LogP contribution in [0.5, 0.6) is 0 Å². The van der Waals surface area contributed by atoms with E-state index in [1.165, 1.54) is 0 Å². The van der Waals surface area contributed by atoms with Crippen LogP contribution in [0.15, 0.2) is 4.99 Å². The zero-order valence-corrected chi connectivity index (χ0v) is 13.0. The lowest BCUT2D eigenvalue weighted by Gasteiger charge is -2.19. The Balaban J connectivity index is 4.73. The molecule has 24 heavy (non-hydrogen) atoms. The molecule has 0 saturated heterocycles. The van der Waals surface area contributed by atoms with Crippen molar-refractivity contribution in [2.45, 2.75) is 31.3 Å². The molecule has 2 atom stereocenters. The average molecular weight is 345 g/mol. The summed E-state index contributed by atoms with van der Waals surface area (Å²) in [5, 5.41) is 13.1. The average Bonchev–Trinajstić information content (AvgIpc) is 2.46. The van der Waals surface area contributed by atoms with Crippen molar-refractivity contribution in [3.8, 4) is 0 Å². The molecule has 0 aromatic carbocycles. The molecule has 0 aliphatic heterocycles. The van der Waals surface area contributed by atoms with E-state index in [-0.39, 0.29) is 25.3 Å². The van der Waals surface area contributed by atoms with Crippen LogP contribution in [0.25, 0.3) is 0 Å². The van der Waals surface area contributed by atoms with Crippen LogP contribution in [-0.2, 0) is 19.2 Å². The first kappa shape index (κ1) is 21.1. The molecule has 2 unspecified atom stereocenters. The third-order valence-electron chi connectivity index (χ3n) is 2.75. The second-order valence-corrected chi connectivity index (χ2v) is 4.90. The van der Waals surface area contributed by atoms with E-state index in [0.717, 1.165) is 0 Å². The highest BCUT2D eigenvalue weighted by Gasteiger charge is 2.24. The largest absolute Gasteiger partial charge is 0.480 e. The van der Waals surface area contributed by atoms with Gasteiger partial charge < -0.3 is 38.7 Å². The topological polar surface area (TPSA) is 229 Å². The first-order chi connectivity index (χ1) is 11.1. The van der Waals surface area contributed by atoms with Crippen LogP contribution in [0.2, 0.25) is 0 Å². The minimum absolute atomic E-state index is 0.116. The number of carbonyl (C=O) groups excluding carboxylic acids is 3. The smallest absolute Gasteiger partial charge is 0.322 e. The summed E-state index contributed by atoms with van der Waals surface area (Å²) in [4.78, 5) is 48.8. The molecule has 0 spiro atoms. The van der Waals surface area contributed by atoms with Crippen LogP contribution in [0.3, 0.4) is 0 Å². The number of carboxylic acids is 1. The van der Waals surface area contributed by atoms with Gasteiger partial charge in [-0.2, -0.15) is 0 Å². The number of aliphatic carboxylic acids is 1. The number of guanidine groups is 1. The maximum atomic E-state index is 11.9. The number of carboxylic acid groups (broad SMARTS) is 1. The van der Waals surface area contributed by atoms with E-state index in [2.05, 4.69) is 15.6 Å². The van der Waals surface area contributed by atoms with Crippen molar-refractivity contribution in [1.29, 1.82) is 0 Å². The number of nitrogens with zero attached hydrogens (tertiary/aromatic N) is 1. The van der Waals surface area contributed by atoms with Crippen molar-refractivity contribution in [2.75, 3.05) is 13.1 Å². The Bertz CT molecular complexity index is 504. The van der Waals surface area contributed by atoms with Crippen molar-refractivity contribution < 1.29 is 24.3 Å². The van der Waals surface area contributed by atoms with E-state index in [0.29, 0.717) is 6.42 Å². The number of carbonyl (C=O) groups is 4. The van der Waals surface area contributed by atoms with Gasteiger partial charge in [0.05, 0.1) is 12.5 Å². The van der Waals surface area contributed by atoms with E-state index in [4.69, 9.17) is 28.0 Å². The van der Waals surface area contributed by atoms with Crippen molar-refractivity contribution in [2.24, 2.45) is 27.9 Å². The molecule has 0 rings (SSSR count). The van der Waals surface area contributed by atoms with Crippen LogP contribution < -0.4 is 33.6 Å². The lowest BCUT2D eigenvalue weighted by Crippen LogP contribution is -2.52. The van der Waals surface area contributed by atoms with Gasteiger partial charge in [0.1, 0.15) is 12.6 Å². The minimum Gasteiger partial charge on any atom is -0.480 e. The summed E-state index contributed by atoms with van der Waals surface area (Å²) in [6.07, 6.45) is 0.0922. The van der Waals surface area contributed by atoms with E-state index in [9.17, 15) is 19.2 Å². The molecule has 0 aliphatic carbocycles. The first-order valence-corrected chi connectivity index (χ1v) is 7.02. The predicted molar refractivity (Wildman–Crippen MR) is 84.3 cm³/mol. The van der Waals surface area contributed by atoms with Gasteiger partial charge in [0, 0.05) is 6.54 Å². The zero-order chi connectivity index (χ0) is 18.7. The third-order valence-corrected chi connectivity index (χ3v) is 2.75. The quantitative estimate of drug-likeness (QED) is 0.110. The van der Waals surface area contributed by atoms with Crippen LogP contribution in [0, 0.1) is 0 Å². The van der Waals surface area contributed by atoms with E-state index in [1.54, 1.807) is 0 Å². The summed E-state index contributed by atoms with van der Waals surface area (Å²) in [5.41, 5.74) is 20.8. The molecule has 0 radical (unpaired) electrons. The number of rotatable bonds is 11. The highest BCUT2D eigenvalue weighted by atomic mass is 16.4. The van der Waals surface area contributed by atoms with Gasteiger partial charge in [0.15, 0.2) is 5.96 Å². The van der Waals surface area contributed by atoms with Gasteiger partial charge in [0.25, 0.3) is 0 Å². The summed E-state index contributed by atoms with van der Waals surface area (Å²) in [6, 6.07) is -2.26. The fraction of sp³-hybridized carbons (Fsp3) is 0.583. The molecular weight excluding hydrogens is 322 g/mol. The molecule has 12 nitrogen and oxygen atoms in total. The second-order valence-electron chi connectivity index (χ2n) is 4.90. The SMILES string of the molecule is NC(=O)CC(N)C(=O)NC(CCCN=C(N)N)C(=O)NCC(=O)O. The minimum atomic E-state index is -1.24. The second kappa shape index (κ2) is 10.8. The molecule has 0 aromatic heterocycles. The maximum absolute atomic E-state index is 11.9. The van der Waals surface area contributed by atoms with E-state index < -0.39 is 42.3 Å². The van der Waals surface area contributed by atoms with Crippen molar-refractivity contribution in [1.82, 2.24) is 10.6 Å². The van der Waals surface area contributed by atoms with Gasteiger partial charge in [-0.05, 0) is 12.8 Å². The van der Waals surface area contributed by atoms with Crippen molar-refractivity contribution in [3.05, 3.63) is 0 Å². The molecule has 0 heterocycles. The van der Waals surface area contributed by atoms with E-state index >= 15 is 0 Å². The van der Waals surface area contributed by atoms with Gasteiger partial charge >= 0.3 is 5.97 Å². The van der Waals surface area contributed by atoms with Gasteiger partial charge in [-0.1, -0.05) is 0 Å². The fourth-order valence-electron chi connectivity index (χ4n) is 1.65. The lowest BCUT2D eigenvalue weighted by molar-refractivity contribution is -0.138. The predicted octanol–water partition coefficient (Wildman–Crippen LogP) is -4.07. The van der Waals surface area contributed by atoms with Gasteiger partial charge in [0.2, 0.25) is 17.7 Å². The van der Waals surface area contributed by atoms with Crippen molar-refractivity contribution >= 4 is 29.7 Å². The van der Waals surface area contributed by atoms with E-state index in [1.807, 2.05) is 0 Å². The van der Waals surface area contributed by atoms with Gasteiger partial charge in [-0.15, -0.1) is 0 Å². The fourth-order valence-corrected chi connectivity index (χ4v) is 1.65. The molecule has 0 saturated carbocycles. The maximum Gasteiger partial charge on any atom is 0.322 e. The number of aliphatic imine (C=N–C) groups is 1. The summed E-state index contributed by atoms with van der Waals surface area (Å²) >= 11 is 0. The number of nitrogens with two attached hydrogens (primary N) is 4.